The number of likely N-dealkylation sites (tertiary alicyclic amines) is 1. The zero-order valence-electron chi connectivity index (χ0n) is 16.5. The summed E-state index contributed by atoms with van der Waals surface area (Å²) < 4.78 is 5.80. The van der Waals surface area contributed by atoms with Crippen LogP contribution >= 0.6 is 11.3 Å². The summed E-state index contributed by atoms with van der Waals surface area (Å²) in [5, 5.41) is 0.860. The normalized spacial score (nSPS) is 20.3. The molecule has 2 aliphatic rings. The number of thiazole rings is 1. The molecule has 2 fully saturated rings. The molecule has 2 aromatic rings. The molecule has 1 amide bonds. The first-order valence-corrected chi connectivity index (χ1v) is 10.7. The Morgan fingerprint density at radius 2 is 1.85 bits per heavy atom. The van der Waals surface area contributed by atoms with Gasteiger partial charge in [-0.2, -0.15) is 0 Å². The number of nitrogens with zero attached hydrogens (tertiary/aromatic N) is 2. The number of rotatable bonds is 4. The van der Waals surface area contributed by atoms with Crippen molar-refractivity contribution in [3.63, 3.8) is 0 Å². The fourth-order valence-corrected chi connectivity index (χ4v) is 5.19. The molecule has 0 bridgehead atoms. The van der Waals surface area contributed by atoms with Gasteiger partial charge in [0.2, 0.25) is 0 Å². The van der Waals surface area contributed by atoms with Crippen molar-refractivity contribution < 1.29 is 9.53 Å². The molecule has 4 rings (SSSR count). The lowest BCUT2D eigenvalue weighted by Gasteiger charge is -2.57. The highest BCUT2D eigenvalue weighted by molar-refractivity contribution is 7.13. The molecule has 2 heterocycles. The van der Waals surface area contributed by atoms with Crippen molar-refractivity contribution in [2.45, 2.75) is 65.0 Å². The Kier molecular flexibility index (Phi) is 4.75. The van der Waals surface area contributed by atoms with E-state index < -0.39 is 0 Å². The van der Waals surface area contributed by atoms with Crippen molar-refractivity contribution in [3.05, 3.63) is 45.9 Å². The first-order chi connectivity index (χ1) is 12.9. The third-order valence-corrected chi connectivity index (χ3v) is 7.41. The molecule has 0 atom stereocenters. The Balaban J connectivity index is 1.44. The number of aromatic nitrogens is 1. The summed E-state index contributed by atoms with van der Waals surface area (Å²) in [7, 11) is 0. The molecule has 0 radical (unpaired) electrons. The molecule has 1 aromatic carbocycles. The number of amides is 1. The summed E-state index contributed by atoms with van der Waals surface area (Å²) in [6.45, 7) is 7.91. The van der Waals surface area contributed by atoms with Crippen molar-refractivity contribution in [1.82, 2.24) is 9.88 Å². The molecule has 27 heavy (non-hydrogen) atoms. The average Bonchev–Trinajstić information content (AvgIpc) is 3.01. The van der Waals surface area contributed by atoms with Crippen molar-refractivity contribution >= 4 is 17.2 Å². The van der Waals surface area contributed by atoms with E-state index >= 15 is 0 Å². The zero-order valence-corrected chi connectivity index (χ0v) is 17.3. The van der Waals surface area contributed by atoms with Gasteiger partial charge < -0.3 is 9.64 Å². The highest BCUT2D eigenvalue weighted by Gasteiger charge is 2.50. The van der Waals surface area contributed by atoms with Crippen LogP contribution in [0.4, 0.5) is 0 Å². The van der Waals surface area contributed by atoms with E-state index in [1.165, 1.54) is 24.2 Å². The monoisotopic (exact) mass is 384 g/mol. The molecule has 5 heteroatoms. The molecule has 1 aromatic heterocycles. The van der Waals surface area contributed by atoms with Crippen LogP contribution in [0.5, 0.6) is 5.75 Å². The van der Waals surface area contributed by atoms with E-state index in [1.54, 1.807) is 0 Å². The van der Waals surface area contributed by atoms with Crippen LogP contribution in [0.15, 0.2) is 30.3 Å². The Labute approximate surface area is 165 Å². The van der Waals surface area contributed by atoms with Crippen molar-refractivity contribution in [1.29, 1.82) is 0 Å². The van der Waals surface area contributed by atoms with Crippen LogP contribution in [0.2, 0.25) is 0 Å². The molecule has 0 N–H and O–H groups in total. The van der Waals surface area contributed by atoms with Gasteiger partial charge in [-0.1, -0.05) is 32.0 Å². The molecular weight excluding hydrogens is 356 g/mol. The van der Waals surface area contributed by atoms with E-state index in [2.05, 4.69) is 23.7 Å². The van der Waals surface area contributed by atoms with Gasteiger partial charge in [0.1, 0.15) is 22.2 Å². The SMILES string of the molecule is Cc1nc(COc2ccccc2)sc1C(=O)N1CCC12CCC(C)(C)CC2. The number of benzene rings is 1. The van der Waals surface area contributed by atoms with Crippen LogP contribution in [-0.2, 0) is 6.61 Å². The second-order valence-electron chi connectivity index (χ2n) is 8.72. The molecule has 4 nitrogen and oxygen atoms in total. The molecule has 0 unspecified atom stereocenters. The lowest BCUT2D eigenvalue weighted by Crippen LogP contribution is -2.63. The topological polar surface area (TPSA) is 42.4 Å². The van der Waals surface area contributed by atoms with E-state index in [0.29, 0.717) is 12.0 Å². The third kappa shape index (κ3) is 3.62. The maximum atomic E-state index is 13.2. The third-order valence-electron chi connectivity index (χ3n) is 6.29. The van der Waals surface area contributed by atoms with Gasteiger partial charge in [-0.05, 0) is 56.6 Å². The van der Waals surface area contributed by atoms with Crippen molar-refractivity contribution in [2.75, 3.05) is 6.54 Å². The van der Waals surface area contributed by atoms with Crippen molar-refractivity contribution in [2.24, 2.45) is 5.41 Å². The summed E-state index contributed by atoms with van der Waals surface area (Å²) in [6, 6.07) is 9.73. The van der Waals surface area contributed by atoms with E-state index in [-0.39, 0.29) is 11.4 Å². The van der Waals surface area contributed by atoms with Crippen LogP contribution in [0.1, 0.15) is 66.3 Å². The smallest absolute Gasteiger partial charge is 0.266 e. The number of carbonyl (C=O) groups excluding carboxylic acids is 1. The number of carbonyl (C=O) groups is 1. The van der Waals surface area contributed by atoms with Gasteiger partial charge in [-0.3, -0.25) is 4.79 Å². The molecule has 1 saturated heterocycles. The van der Waals surface area contributed by atoms with Gasteiger partial charge in [0.15, 0.2) is 0 Å². The summed E-state index contributed by atoms with van der Waals surface area (Å²) in [5.41, 5.74) is 1.34. The lowest BCUT2D eigenvalue weighted by atomic mass is 9.64. The fraction of sp³-hybridized carbons (Fsp3) is 0.545. The molecule has 1 aliphatic carbocycles. The Bertz CT molecular complexity index is 818. The summed E-state index contributed by atoms with van der Waals surface area (Å²) in [5.74, 6) is 0.992. The zero-order chi connectivity index (χ0) is 19.1. The van der Waals surface area contributed by atoms with Gasteiger partial charge in [-0.25, -0.2) is 4.98 Å². The van der Waals surface area contributed by atoms with Crippen LogP contribution in [0.25, 0.3) is 0 Å². The van der Waals surface area contributed by atoms with Gasteiger partial charge in [0.05, 0.1) is 5.69 Å². The van der Waals surface area contributed by atoms with Gasteiger partial charge in [0.25, 0.3) is 5.91 Å². The maximum Gasteiger partial charge on any atom is 0.266 e. The molecule has 1 aliphatic heterocycles. The first-order valence-electron chi connectivity index (χ1n) is 9.85. The Morgan fingerprint density at radius 1 is 1.15 bits per heavy atom. The first kappa shape index (κ1) is 18.5. The Hall–Kier alpha value is -1.88. The fourth-order valence-electron chi connectivity index (χ4n) is 4.27. The predicted octanol–water partition coefficient (Wildman–Crippen LogP) is 5.22. The molecular formula is C22H28N2O2S. The number of hydrogen-bond donors (Lipinski definition) is 0. The van der Waals surface area contributed by atoms with Gasteiger partial charge >= 0.3 is 0 Å². The number of ether oxygens (including phenoxy) is 1. The van der Waals surface area contributed by atoms with Crippen LogP contribution in [0, 0.1) is 12.3 Å². The van der Waals surface area contributed by atoms with Crippen LogP contribution in [0.3, 0.4) is 0 Å². The quantitative estimate of drug-likeness (QED) is 0.726. The average molecular weight is 385 g/mol. The summed E-state index contributed by atoms with van der Waals surface area (Å²) >= 11 is 1.48. The molecule has 1 saturated carbocycles. The van der Waals surface area contributed by atoms with Crippen LogP contribution < -0.4 is 4.74 Å². The van der Waals surface area contributed by atoms with Crippen LogP contribution in [-0.4, -0.2) is 27.9 Å². The number of aryl methyl sites for hydroxylation is 1. The highest BCUT2D eigenvalue weighted by atomic mass is 32.1. The van der Waals surface area contributed by atoms with E-state index in [0.717, 1.165) is 47.1 Å². The van der Waals surface area contributed by atoms with E-state index in [9.17, 15) is 4.79 Å². The number of hydrogen-bond acceptors (Lipinski definition) is 4. The van der Waals surface area contributed by atoms with E-state index in [4.69, 9.17) is 4.74 Å². The van der Waals surface area contributed by atoms with E-state index in [1.807, 2.05) is 37.3 Å². The summed E-state index contributed by atoms with van der Waals surface area (Å²) in [6.07, 6.45) is 5.82. The minimum atomic E-state index is 0.101. The second-order valence-corrected chi connectivity index (χ2v) is 9.80. The predicted molar refractivity (Wildman–Crippen MR) is 108 cm³/mol. The molecule has 1 spiro atoms. The molecule has 144 valence electrons. The minimum Gasteiger partial charge on any atom is -0.486 e. The minimum absolute atomic E-state index is 0.101. The largest absolute Gasteiger partial charge is 0.486 e. The standard InChI is InChI=1S/C22H28N2O2S/c1-16-19(27-18(23-16)15-26-17-7-5-4-6-8-17)20(25)24-14-13-22(24)11-9-21(2,3)10-12-22/h4-8H,9-15H2,1-3H3. The van der Waals surface area contributed by atoms with Crippen molar-refractivity contribution in [3.8, 4) is 5.75 Å². The van der Waals surface area contributed by atoms with Gasteiger partial charge in [-0.15, -0.1) is 11.3 Å². The Morgan fingerprint density at radius 3 is 2.48 bits per heavy atom. The maximum absolute atomic E-state index is 13.2. The highest BCUT2D eigenvalue weighted by Crippen LogP contribution is 2.49. The second kappa shape index (κ2) is 6.93. The number of para-hydroxylation sites is 1. The lowest BCUT2D eigenvalue weighted by molar-refractivity contribution is -0.0417. The summed E-state index contributed by atoms with van der Waals surface area (Å²) in [4.78, 5) is 20.7. The van der Waals surface area contributed by atoms with Gasteiger partial charge in [0, 0.05) is 12.1 Å².